The summed E-state index contributed by atoms with van der Waals surface area (Å²) in [6.45, 7) is 1.48. The fraction of sp³-hybridized carbons (Fsp3) is 0.364. The highest BCUT2D eigenvalue weighted by Gasteiger charge is 2.06. The molecule has 0 fully saturated rings. The monoisotopic (exact) mass is 333 g/mol. The number of halogens is 1. The van der Waals surface area contributed by atoms with E-state index in [-0.39, 0.29) is 5.91 Å². The van der Waals surface area contributed by atoms with Crippen LogP contribution in [0.25, 0.3) is 0 Å². The lowest BCUT2D eigenvalue weighted by Gasteiger charge is -2.10. The molecule has 0 aliphatic heterocycles. The van der Waals surface area contributed by atoms with Gasteiger partial charge in [0.2, 0.25) is 0 Å². The van der Waals surface area contributed by atoms with Gasteiger partial charge in [-0.3, -0.25) is 4.79 Å². The molecule has 0 unspecified atom stereocenters. The van der Waals surface area contributed by atoms with E-state index in [0.29, 0.717) is 17.8 Å². The van der Waals surface area contributed by atoms with Crippen molar-refractivity contribution in [3.63, 3.8) is 0 Å². The molecule has 0 heterocycles. The lowest BCUT2D eigenvalue weighted by molar-refractivity contribution is 0.0951. The van der Waals surface area contributed by atoms with E-state index in [1.165, 1.54) is 0 Å². The third-order valence-corrected chi connectivity index (χ3v) is 3.04. The van der Waals surface area contributed by atoms with Crippen LogP contribution in [-0.4, -0.2) is 38.0 Å². The van der Waals surface area contributed by atoms with Crippen molar-refractivity contribution in [1.82, 2.24) is 10.2 Å². The SMILES string of the molecule is CN(C)CCNC(=O)c1ccc(N)c(I)c1. The molecular formula is C11H16IN3O. The molecule has 3 N–H and O–H groups in total. The third kappa shape index (κ3) is 3.97. The summed E-state index contributed by atoms with van der Waals surface area (Å²) in [5.74, 6) is -0.0558. The van der Waals surface area contributed by atoms with Crippen molar-refractivity contribution in [3.8, 4) is 0 Å². The van der Waals surface area contributed by atoms with E-state index >= 15 is 0 Å². The van der Waals surface area contributed by atoms with Crippen LogP contribution < -0.4 is 11.1 Å². The first-order chi connectivity index (χ1) is 7.50. The van der Waals surface area contributed by atoms with Gasteiger partial charge in [-0.2, -0.15) is 0 Å². The number of nitrogen functional groups attached to an aromatic ring is 1. The van der Waals surface area contributed by atoms with Gasteiger partial charge < -0.3 is 16.0 Å². The van der Waals surface area contributed by atoms with Crippen LogP contribution in [-0.2, 0) is 0 Å². The zero-order valence-electron chi connectivity index (χ0n) is 9.46. The van der Waals surface area contributed by atoms with Gasteiger partial charge >= 0.3 is 0 Å². The summed E-state index contributed by atoms with van der Waals surface area (Å²) >= 11 is 2.12. The molecule has 0 spiro atoms. The van der Waals surface area contributed by atoms with Gasteiger partial charge in [0.25, 0.3) is 5.91 Å². The summed E-state index contributed by atoms with van der Waals surface area (Å²) in [7, 11) is 3.94. The number of hydrogen-bond donors (Lipinski definition) is 2. The maximum atomic E-state index is 11.7. The molecule has 16 heavy (non-hydrogen) atoms. The van der Waals surface area contributed by atoms with Crippen molar-refractivity contribution in [2.24, 2.45) is 0 Å². The van der Waals surface area contributed by atoms with Crippen LogP contribution in [0, 0.1) is 3.57 Å². The van der Waals surface area contributed by atoms with Crippen LogP contribution >= 0.6 is 22.6 Å². The van der Waals surface area contributed by atoms with E-state index in [0.717, 1.165) is 10.1 Å². The molecule has 88 valence electrons. The highest BCUT2D eigenvalue weighted by atomic mass is 127. The van der Waals surface area contributed by atoms with E-state index in [4.69, 9.17) is 5.73 Å². The Hall–Kier alpha value is -0.820. The fourth-order valence-corrected chi connectivity index (χ4v) is 1.68. The van der Waals surface area contributed by atoms with Crippen LogP contribution in [0.1, 0.15) is 10.4 Å². The molecule has 1 amide bonds. The number of hydrogen-bond acceptors (Lipinski definition) is 3. The molecule has 1 rings (SSSR count). The zero-order valence-corrected chi connectivity index (χ0v) is 11.6. The third-order valence-electron chi connectivity index (χ3n) is 2.11. The van der Waals surface area contributed by atoms with Crippen molar-refractivity contribution >= 4 is 34.2 Å². The molecule has 0 aromatic heterocycles. The minimum Gasteiger partial charge on any atom is -0.398 e. The largest absolute Gasteiger partial charge is 0.398 e. The Morgan fingerprint density at radius 1 is 1.50 bits per heavy atom. The highest BCUT2D eigenvalue weighted by Crippen LogP contribution is 2.15. The van der Waals surface area contributed by atoms with Crippen molar-refractivity contribution in [2.45, 2.75) is 0 Å². The second-order valence-electron chi connectivity index (χ2n) is 3.80. The number of rotatable bonds is 4. The topological polar surface area (TPSA) is 58.4 Å². The highest BCUT2D eigenvalue weighted by molar-refractivity contribution is 14.1. The molecule has 4 nitrogen and oxygen atoms in total. The van der Waals surface area contributed by atoms with Gasteiger partial charge in [0.15, 0.2) is 0 Å². The molecule has 0 aliphatic carbocycles. The van der Waals surface area contributed by atoms with Crippen LogP contribution in [0.4, 0.5) is 5.69 Å². The number of nitrogens with two attached hydrogens (primary N) is 1. The molecular weight excluding hydrogens is 317 g/mol. The molecule has 1 aromatic rings. The molecule has 1 aromatic carbocycles. The number of nitrogens with one attached hydrogen (secondary N) is 1. The molecule has 0 radical (unpaired) electrons. The molecule has 0 aliphatic rings. The van der Waals surface area contributed by atoms with Crippen LogP contribution in [0.15, 0.2) is 18.2 Å². The maximum Gasteiger partial charge on any atom is 0.251 e. The number of anilines is 1. The summed E-state index contributed by atoms with van der Waals surface area (Å²) in [5, 5.41) is 2.85. The number of benzene rings is 1. The Morgan fingerprint density at radius 2 is 2.19 bits per heavy atom. The lowest BCUT2D eigenvalue weighted by Crippen LogP contribution is -2.31. The number of carbonyl (C=O) groups excluding carboxylic acids is 1. The first kappa shape index (κ1) is 13.2. The maximum absolute atomic E-state index is 11.7. The summed E-state index contributed by atoms with van der Waals surface area (Å²) in [4.78, 5) is 13.7. The Labute approximate surface area is 109 Å². The van der Waals surface area contributed by atoms with E-state index in [1.807, 2.05) is 19.0 Å². The van der Waals surface area contributed by atoms with E-state index in [1.54, 1.807) is 18.2 Å². The van der Waals surface area contributed by atoms with Gasteiger partial charge in [-0.15, -0.1) is 0 Å². The minimum atomic E-state index is -0.0558. The Morgan fingerprint density at radius 3 is 2.75 bits per heavy atom. The van der Waals surface area contributed by atoms with Crippen LogP contribution in [0.2, 0.25) is 0 Å². The fourth-order valence-electron chi connectivity index (χ4n) is 1.16. The average Bonchev–Trinajstić information content (AvgIpc) is 2.21. The van der Waals surface area contributed by atoms with E-state index < -0.39 is 0 Å². The van der Waals surface area contributed by atoms with Crippen molar-refractivity contribution in [1.29, 1.82) is 0 Å². The minimum absolute atomic E-state index is 0.0558. The van der Waals surface area contributed by atoms with Crippen molar-refractivity contribution in [3.05, 3.63) is 27.3 Å². The number of likely N-dealkylation sites (N-methyl/N-ethyl adjacent to an activating group) is 1. The van der Waals surface area contributed by atoms with Gasteiger partial charge in [0, 0.05) is 27.9 Å². The predicted octanol–water partition coefficient (Wildman–Crippen LogP) is 1.16. The number of nitrogens with zero attached hydrogens (tertiary/aromatic N) is 1. The molecule has 5 heteroatoms. The lowest BCUT2D eigenvalue weighted by atomic mass is 10.2. The predicted molar refractivity (Wildman–Crippen MR) is 74.5 cm³/mol. The number of carbonyl (C=O) groups is 1. The van der Waals surface area contributed by atoms with Crippen molar-refractivity contribution < 1.29 is 4.79 Å². The van der Waals surface area contributed by atoms with Gasteiger partial charge in [-0.1, -0.05) is 0 Å². The zero-order chi connectivity index (χ0) is 12.1. The number of amides is 1. The van der Waals surface area contributed by atoms with Crippen molar-refractivity contribution in [2.75, 3.05) is 32.9 Å². The summed E-state index contributed by atoms with van der Waals surface area (Å²) in [6.07, 6.45) is 0. The Bertz CT molecular complexity index is 379. The first-order valence-electron chi connectivity index (χ1n) is 4.98. The molecule has 0 saturated carbocycles. The van der Waals surface area contributed by atoms with Gasteiger partial charge in [0.1, 0.15) is 0 Å². The quantitative estimate of drug-likeness (QED) is 0.642. The Balaban J connectivity index is 2.56. The summed E-state index contributed by atoms with van der Waals surface area (Å²) in [6, 6.07) is 5.28. The molecule has 0 saturated heterocycles. The normalized spacial score (nSPS) is 10.5. The van der Waals surface area contributed by atoms with E-state index in [9.17, 15) is 4.79 Å². The molecule has 0 atom stereocenters. The summed E-state index contributed by atoms with van der Waals surface area (Å²) < 4.78 is 0.901. The van der Waals surface area contributed by atoms with Gasteiger partial charge in [-0.25, -0.2) is 0 Å². The average molecular weight is 333 g/mol. The van der Waals surface area contributed by atoms with Gasteiger partial charge in [0.05, 0.1) is 0 Å². The second kappa shape index (κ2) is 6.05. The Kier molecular flexibility index (Phi) is 5.01. The summed E-state index contributed by atoms with van der Waals surface area (Å²) in [5.41, 5.74) is 7.03. The smallest absolute Gasteiger partial charge is 0.251 e. The standard InChI is InChI=1S/C11H16IN3O/c1-15(2)6-5-14-11(16)8-3-4-10(13)9(12)7-8/h3-4,7H,5-6,13H2,1-2H3,(H,14,16). The van der Waals surface area contributed by atoms with Gasteiger partial charge in [-0.05, 0) is 54.9 Å². The van der Waals surface area contributed by atoms with Crippen LogP contribution in [0.5, 0.6) is 0 Å². The molecule has 0 bridgehead atoms. The van der Waals surface area contributed by atoms with E-state index in [2.05, 4.69) is 27.9 Å². The second-order valence-corrected chi connectivity index (χ2v) is 4.96. The van der Waals surface area contributed by atoms with Crippen LogP contribution in [0.3, 0.4) is 0 Å². The first-order valence-corrected chi connectivity index (χ1v) is 6.06.